The van der Waals surface area contributed by atoms with Gasteiger partial charge < -0.3 is 4.74 Å². The third-order valence-corrected chi connectivity index (χ3v) is 7.16. The predicted molar refractivity (Wildman–Crippen MR) is 141 cm³/mol. The maximum atomic E-state index is 12.7. The molecular formula is C29H33NO2S. The molecular weight excluding hydrogens is 426 g/mol. The third-order valence-electron chi connectivity index (χ3n) is 6.38. The Morgan fingerprint density at radius 2 is 1.18 bits per heavy atom. The van der Waals surface area contributed by atoms with Crippen molar-refractivity contribution < 1.29 is 8.95 Å². The Balaban J connectivity index is 2.13. The van der Waals surface area contributed by atoms with E-state index >= 15 is 0 Å². The quantitative estimate of drug-likeness (QED) is 0.351. The van der Waals surface area contributed by atoms with Crippen LogP contribution in [0.5, 0.6) is 5.75 Å². The summed E-state index contributed by atoms with van der Waals surface area (Å²) in [7, 11) is 0.0300. The monoisotopic (exact) mass is 459 g/mol. The van der Waals surface area contributed by atoms with Gasteiger partial charge in [0.25, 0.3) is 0 Å². The van der Waals surface area contributed by atoms with Crippen molar-refractivity contribution in [1.82, 2.24) is 0 Å². The molecule has 4 aromatic carbocycles. The number of benzene rings is 4. The minimum absolute atomic E-state index is 0.0319. The summed E-state index contributed by atoms with van der Waals surface area (Å²) in [5, 5.41) is 10.3. The van der Waals surface area contributed by atoms with Gasteiger partial charge in [0, 0.05) is 11.1 Å². The van der Waals surface area contributed by atoms with E-state index in [1.54, 1.807) is 7.11 Å². The molecule has 172 valence electrons. The molecule has 3 nitrogen and oxygen atoms in total. The molecule has 0 bridgehead atoms. The highest BCUT2D eigenvalue weighted by atomic mass is 32.2. The first-order valence-corrected chi connectivity index (χ1v) is 12.5. The standard InChI is InChI=1S/C29H33NO2S/c1-28(2,3)20-10-12-22-18(16-20)8-14-24(32-7)26(22)27-23-13-11-21(29(4,5)6)17-19(23)9-15-25(27)33(30)31/h8-17H,30H2,1-7H3. The summed E-state index contributed by atoms with van der Waals surface area (Å²) in [4.78, 5) is 0.608. The zero-order valence-electron chi connectivity index (χ0n) is 20.6. The fourth-order valence-corrected chi connectivity index (χ4v) is 5.02. The largest absolute Gasteiger partial charge is 0.496 e. The van der Waals surface area contributed by atoms with Crippen LogP contribution in [0, 0.1) is 0 Å². The molecule has 0 spiro atoms. The summed E-state index contributed by atoms with van der Waals surface area (Å²) >= 11 is 0. The Morgan fingerprint density at radius 1 is 0.697 bits per heavy atom. The summed E-state index contributed by atoms with van der Waals surface area (Å²) in [6.45, 7) is 13.3. The van der Waals surface area contributed by atoms with Gasteiger partial charge in [-0.2, -0.15) is 0 Å². The highest BCUT2D eigenvalue weighted by molar-refractivity contribution is 7.82. The van der Waals surface area contributed by atoms with E-state index in [1.807, 2.05) is 18.2 Å². The first-order valence-electron chi connectivity index (χ1n) is 11.3. The second-order valence-corrected chi connectivity index (χ2v) is 11.8. The van der Waals surface area contributed by atoms with Crippen molar-refractivity contribution in [3.63, 3.8) is 0 Å². The van der Waals surface area contributed by atoms with Gasteiger partial charge in [-0.3, -0.25) is 0 Å². The maximum Gasteiger partial charge on any atom is 0.127 e. The van der Waals surface area contributed by atoms with Gasteiger partial charge in [0.1, 0.15) is 16.7 Å². The van der Waals surface area contributed by atoms with Gasteiger partial charge in [-0.1, -0.05) is 90.1 Å². The SMILES string of the molecule is COc1ccc2cc(C(C)(C)C)ccc2c1-c1c(S(N)=O)ccc2cc(C(C)(C)C)ccc12. The lowest BCUT2D eigenvalue weighted by Crippen LogP contribution is -2.11. The summed E-state index contributed by atoms with van der Waals surface area (Å²) in [5.74, 6) is 0.741. The van der Waals surface area contributed by atoms with Crippen LogP contribution in [0.1, 0.15) is 52.7 Å². The number of nitrogens with two attached hydrogens (primary N) is 1. The van der Waals surface area contributed by atoms with Crippen LogP contribution in [-0.2, 0) is 21.8 Å². The van der Waals surface area contributed by atoms with Crippen molar-refractivity contribution in [2.45, 2.75) is 57.3 Å². The molecule has 1 atom stereocenters. The zero-order valence-corrected chi connectivity index (χ0v) is 21.4. The summed E-state index contributed by atoms with van der Waals surface area (Å²) in [5.41, 5.74) is 4.40. The van der Waals surface area contributed by atoms with Gasteiger partial charge in [-0.15, -0.1) is 0 Å². The van der Waals surface area contributed by atoms with Crippen molar-refractivity contribution in [2.75, 3.05) is 7.11 Å². The van der Waals surface area contributed by atoms with Crippen molar-refractivity contribution >= 4 is 32.5 Å². The molecule has 0 saturated heterocycles. The number of hydrogen-bond acceptors (Lipinski definition) is 2. The lowest BCUT2D eigenvalue weighted by molar-refractivity contribution is 0.417. The molecule has 0 saturated carbocycles. The normalized spacial score (nSPS) is 13.5. The van der Waals surface area contributed by atoms with Crippen molar-refractivity contribution in [3.8, 4) is 16.9 Å². The fourth-order valence-electron chi connectivity index (χ4n) is 4.41. The third kappa shape index (κ3) is 4.30. The molecule has 0 amide bonds. The van der Waals surface area contributed by atoms with Gasteiger partial charge in [0.15, 0.2) is 0 Å². The van der Waals surface area contributed by atoms with Gasteiger partial charge in [0.2, 0.25) is 0 Å². The Kier molecular flexibility index (Phi) is 5.88. The average molecular weight is 460 g/mol. The lowest BCUT2D eigenvalue weighted by Gasteiger charge is -2.23. The maximum absolute atomic E-state index is 12.7. The smallest absolute Gasteiger partial charge is 0.127 e. The molecule has 0 radical (unpaired) electrons. The zero-order chi connectivity index (χ0) is 24.1. The second-order valence-electron chi connectivity index (χ2n) is 10.8. The molecule has 0 heterocycles. The summed E-state index contributed by atoms with van der Waals surface area (Å²) in [6, 6.07) is 21.1. The summed E-state index contributed by atoms with van der Waals surface area (Å²) < 4.78 is 18.5. The fraction of sp³-hybridized carbons (Fsp3) is 0.310. The van der Waals surface area contributed by atoms with Crippen molar-refractivity contribution in [2.24, 2.45) is 5.14 Å². The molecule has 4 aromatic rings. The Bertz CT molecular complexity index is 1390. The van der Waals surface area contributed by atoms with E-state index in [0.29, 0.717) is 4.90 Å². The first-order chi connectivity index (χ1) is 15.4. The van der Waals surface area contributed by atoms with Crippen LogP contribution in [-0.4, -0.2) is 11.3 Å². The van der Waals surface area contributed by atoms with Crippen molar-refractivity contribution in [3.05, 3.63) is 71.8 Å². The number of hydrogen-bond donors (Lipinski definition) is 1. The predicted octanol–water partition coefficient (Wildman–Crippen LogP) is 7.24. The van der Waals surface area contributed by atoms with E-state index in [2.05, 4.69) is 84.0 Å². The van der Waals surface area contributed by atoms with Crippen LogP contribution in [0.15, 0.2) is 65.6 Å². The van der Waals surface area contributed by atoms with E-state index in [0.717, 1.165) is 38.4 Å². The number of ether oxygens (including phenoxy) is 1. The first kappa shape index (κ1) is 23.5. The van der Waals surface area contributed by atoms with Gasteiger partial charge in [-0.05, 0) is 55.6 Å². The number of rotatable bonds is 3. The molecule has 0 aliphatic heterocycles. The lowest BCUT2D eigenvalue weighted by atomic mass is 9.83. The average Bonchev–Trinajstić information content (AvgIpc) is 2.75. The Hall–Kier alpha value is -2.69. The molecule has 2 N–H and O–H groups in total. The van der Waals surface area contributed by atoms with Crippen LogP contribution < -0.4 is 9.88 Å². The topological polar surface area (TPSA) is 52.3 Å². The van der Waals surface area contributed by atoms with Gasteiger partial charge >= 0.3 is 0 Å². The minimum Gasteiger partial charge on any atom is -0.496 e. The van der Waals surface area contributed by atoms with Crippen LogP contribution in [0.25, 0.3) is 32.7 Å². The molecule has 0 aliphatic carbocycles. The van der Waals surface area contributed by atoms with E-state index in [9.17, 15) is 4.21 Å². The van der Waals surface area contributed by atoms with E-state index in [4.69, 9.17) is 9.88 Å². The molecule has 4 heteroatoms. The molecule has 33 heavy (non-hydrogen) atoms. The van der Waals surface area contributed by atoms with Crippen LogP contribution in [0.4, 0.5) is 0 Å². The Morgan fingerprint density at radius 3 is 1.64 bits per heavy atom. The molecule has 0 fully saturated rings. The highest BCUT2D eigenvalue weighted by Crippen LogP contribution is 2.44. The second kappa shape index (κ2) is 8.27. The van der Waals surface area contributed by atoms with E-state index < -0.39 is 11.0 Å². The van der Waals surface area contributed by atoms with Crippen molar-refractivity contribution in [1.29, 1.82) is 0 Å². The minimum atomic E-state index is -1.65. The number of fused-ring (bicyclic) bond motifs is 2. The molecule has 0 aliphatic rings. The Labute approximate surface area is 199 Å². The van der Waals surface area contributed by atoms with Crippen LogP contribution in [0.2, 0.25) is 0 Å². The summed E-state index contributed by atoms with van der Waals surface area (Å²) in [6.07, 6.45) is 0. The molecule has 0 aromatic heterocycles. The highest BCUT2D eigenvalue weighted by Gasteiger charge is 2.22. The molecule has 1 unspecified atom stereocenters. The van der Waals surface area contributed by atoms with Crippen LogP contribution >= 0.6 is 0 Å². The number of methoxy groups -OCH3 is 1. The van der Waals surface area contributed by atoms with E-state index in [-0.39, 0.29) is 10.8 Å². The van der Waals surface area contributed by atoms with Gasteiger partial charge in [-0.25, -0.2) is 9.35 Å². The van der Waals surface area contributed by atoms with E-state index in [1.165, 1.54) is 11.1 Å². The van der Waals surface area contributed by atoms with Crippen LogP contribution in [0.3, 0.4) is 0 Å². The molecule has 4 rings (SSSR count). The van der Waals surface area contributed by atoms with Gasteiger partial charge in [0.05, 0.1) is 12.0 Å².